The first-order valence-corrected chi connectivity index (χ1v) is 9.82. The van der Waals surface area contributed by atoms with E-state index in [1.54, 1.807) is 30.5 Å². The molecule has 1 aliphatic heterocycles. The van der Waals surface area contributed by atoms with Gasteiger partial charge >= 0.3 is 0 Å². The average molecular weight is 376 g/mol. The van der Waals surface area contributed by atoms with Crippen LogP contribution in [0.5, 0.6) is 0 Å². The van der Waals surface area contributed by atoms with Crippen LogP contribution in [0.3, 0.4) is 0 Å². The highest BCUT2D eigenvalue weighted by atomic mass is 32.1. The standard InChI is InChI=1S/C20H26FN3OS/c1-15-7-12-26-18(15)13-23-19(22-2)24-14-20(8-10-25-11-9-20)16-3-5-17(21)6-4-16/h3-7,12H,8-11,13-14H2,1-2H3,(H2,22,23,24). The highest BCUT2D eigenvalue weighted by Gasteiger charge is 2.34. The number of aryl methyl sites for hydroxylation is 1. The molecule has 1 aliphatic rings. The summed E-state index contributed by atoms with van der Waals surface area (Å²) in [5.41, 5.74) is 2.38. The van der Waals surface area contributed by atoms with Crippen molar-refractivity contribution >= 4 is 17.3 Å². The molecule has 2 heterocycles. The summed E-state index contributed by atoms with van der Waals surface area (Å²) >= 11 is 1.75. The average Bonchev–Trinajstić information content (AvgIpc) is 3.08. The fourth-order valence-electron chi connectivity index (χ4n) is 3.36. The van der Waals surface area contributed by atoms with E-state index in [9.17, 15) is 4.39 Å². The molecular weight excluding hydrogens is 349 g/mol. The van der Waals surface area contributed by atoms with Crippen LogP contribution in [0.15, 0.2) is 40.7 Å². The van der Waals surface area contributed by atoms with Crippen molar-refractivity contribution in [3.8, 4) is 0 Å². The van der Waals surface area contributed by atoms with Gasteiger partial charge in [-0.3, -0.25) is 4.99 Å². The summed E-state index contributed by atoms with van der Waals surface area (Å²) in [6.07, 6.45) is 1.82. The number of nitrogens with one attached hydrogen (secondary N) is 2. The van der Waals surface area contributed by atoms with Crippen LogP contribution >= 0.6 is 11.3 Å². The molecule has 0 amide bonds. The smallest absolute Gasteiger partial charge is 0.191 e. The van der Waals surface area contributed by atoms with Crippen LogP contribution < -0.4 is 10.6 Å². The first kappa shape index (κ1) is 18.9. The van der Waals surface area contributed by atoms with E-state index in [4.69, 9.17) is 4.74 Å². The number of halogens is 1. The number of hydrogen-bond acceptors (Lipinski definition) is 3. The highest BCUT2D eigenvalue weighted by molar-refractivity contribution is 7.10. The molecule has 0 radical (unpaired) electrons. The van der Waals surface area contributed by atoms with E-state index in [0.717, 1.165) is 50.7 Å². The van der Waals surface area contributed by atoms with Crippen molar-refractivity contribution in [1.82, 2.24) is 10.6 Å². The SMILES string of the molecule is CN=C(NCc1sccc1C)NCC1(c2ccc(F)cc2)CCOCC1. The summed E-state index contributed by atoms with van der Waals surface area (Å²) in [6, 6.07) is 9.00. The molecule has 3 rings (SSSR count). The maximum atomic E-state index is 13.3. The molecule has 0 bridgehead atoms. The topological polar surface area (TPSA) is 45.7 Å². The van der Waals surface area contributed by atoms with E-state index in [1.165, 1.54) is 10.4 Å². The van der Waals surface area contributed by atoms with E-state index in [0.29, 0.717) is 0 Å². The second-order valence-electron chi connectivity index (χ2n) is 6.71. The number of nitrogens with zero attached hydrogens (tertiary/aromatic N) is 1. The number of hydrogen-bond donors (Lipinski definition) is 2. The lowest BCUT2D eigenvalue weighted by molar-refractivity contribution is 0.0513. The maximum absolute atomic E-state index is 13.3. The van der Waals surface area contributed by atoms with Gasteiger partial charge in [-0.15, -0.1) is 11.3 Å². The summed E-state index contributed by atoms with van der Waals surface area (Å²) in [7, 11) is 1.78. The molecule has 2 N–H and O–H groups in total. The largest absolute Gasteiger partial charge is 0.381 e. The predicted molar refractivity (Wildman–Crippen MR) is 105 cm³/mol. The van der Waals surface area contributed by atoms with E-state index in [1.807, 2.05) is 12.1 Å². The molecule has 1 fully saturated rings. The Morgan fingerprint density at radius 1 is 1.19 bits per heavy atom. The van der Waals surface area contributed by atoms with Crippen molar-refractivity contribution in [1.29, 1.82) is 0 Å². The molecule has 6 heteroatoms. The third-order valence-corrected chi connectivity index (χ3v) is 6.13. The molecule has 4 nitrogen and oxygen atoms in total. The Hall–Kier alpha value is -1.92. The van der Waals surface area contributed by atoms with Crippen molar-refractivity contribution in [3.05, 3.63) is 57.5 Å². The van der Waals surface area contributed by atoms with Gasteiger partial charge in [0.2, 0.25) is 0 Å². The summed E-state index contributed by atoms with van der Waals surface area (Å²) in [5.74, 6) is 0.582. The summed E-state index contributed by atoms with van der Waals surface area (Å²) in [4.78, 5) is 5.66. The molecule has 0 unspecified atom stereocenters. The fraction of sp³-hybridized carbons (Fsp3) is 0.450. The van der Waals surface area contributed by atoms with Gasteiger partial charge in [-0.1, -0.05) is 12.1 Å². The molecule has 1 aromatic heterocycles. The summed E-state index contributed by atoms with van der Waals surface area (Å²) in [5, 5.41) is 8.96. The number of benzene rings is 1. The number of ether oxygens (including phenoxy) is 1. The highest BCUT2D eigenvalue weighted by Crippen LogP contribution is 2.34. The van der Waals surface area contributed by atoms with Gasteiger partial charge < -0.3 is 15.4 Å². The Morgan fingerprint density at radius 3 is 2.54 bits per heavy atom. The molecule has 2 aromatic rings. The molecule has 0 saturated carbocycles. The zero-order chi connectivity index (χ0) is 18.4. The van der Waals surface area contributed by atoms with Crippen LogP contribution in [0, 0.1) is 12.7 Å². The predicted octanol–water partition coefficient (Wildman–Crippen LogP) is 3.61. The Morgan fingerprint density at radius 2 is 1.92 bits per heavy atom. The van der Waals surface area contributed by atoms with Crippen LogP contribution in [0.4, 0.5) is 4.39 Å². The molecule has 140 valence electrons. The second-order valence-corrected chi connectivity index (χ2v) is 7.71. The minimum Gasteiger partial charge on any atom is -0.381 e. The van der Waals surface area contributed by atoms with E-state index in [2.05, 4.69) is 34.0 Å². The third kappa shape index (κ3) is 4.43. The molecule has 1 aromatic carbocycles. The number of thiophene rings is 1. The van der Waals surface area contributed by atoms with Gasteiger partial charge in [-0.05, 0) is 54.5 Å². The first-order chi connectivity index (χ1) is 12.6. The van der Waals surface area contributed by atoms with Gasteiger partial charge in [0.25, 0.3) is 0 Å². The lowest BCUT2D eigenvalue weighted by atomic mass is 9.74. The van der Waals surface area contributed by atoms with Crippen LogP contribution in [0.1, 0.15) is 28.8 Å². The zero-order valence-corrected chi connectivity index (χ0v) is 16.2. The van der Waals surface area contributed by atoms with Crippen molar-refractivity contribution in [3.63, 3.8) is 0 Å². The number of aliphatic imine (C=N–C) groups is 1. The third-order valence-electron chi connectivity index (χ3n) is 5.11. The fourth-order valence-corrected chi connectivity index (χ4v) is 4.20. The van der Waals surface area contributed by atoms with Crippen LogP contribution in [-0.4, -0.2) is 32.8 Å². The van der Waals surface area contributed by atoms with Crippen LogP contribution in [0.25, 0.3) is 0 Å². The molecular formula is C20H26FN3OS. The van der Waals surface area contributed by atoms with Crippen molar-refractivity contribution < 1.29 is 9.13 Å². The van der Waals surface area contributed by atoms with Gasteiger partial charge in [0.05, 0.1) is 6.54 Å². The number of guanidine groups is 1. The number of rotatable bonds is 5. The Balaban J connectivity index is 1.66. The molecule has 0 spiro atoms. The Labute approximate surface area is 158 Å². The zero-order valence-electron chi connectivity index (χ0n) is 15.3. The van der Waals surface area contributed by atoms with Gasteiger partial charge in [-0.2, -0.15) is 0 Å². The van der Waals surface area contributed by atoms with Gasteiger partial charge in [-0.25, -0.2) is 4.39 Å². The van der Waals surface area contributed by atoms with Crippen LogP contribution in [-0.2, 0) is 16.7 Å². The maximum Gasteiger partial charge on any atom is 0.191 e. The second kappa shape index (κ2) is 8.64. The minimum absolute atomic E-state index is 0.0670. The Kier molecular flexibility index (Phi) is 6.27. The first-order valence-electron chi connectivity index (χ1n) is 8.94. The minimum atomic E-state index is -0.201. The van der Waals surface area contributed by atoms with Crippen molar-refractivity contribution in [2.45, 2.75) is 31.7 Å². The monoisotopic (exact) mass is 375 g/mol. The van der Waals surface area contributed by atoms with Crippen molar-refractivity contribution in [2.24, 2.45) is 4.99 Å². The van der Waals surface area contributed by atoms with E-state index >= 15 is 0 Å². The summed E-state index contributed by atoms with van der Waals surface area (Å²) < 4.78 is 18.9. The van der Waals surface area contributed by atoms with E-state index in [-0.39, 0.29) is 11.2 Å². The lowest BCUT2D eigenvalue weighted by Crippen LogP contribution is -2.47. The molecule has 1 saturated heterocycles. The van der Waals surface area contributed by atoms with Gasteiger partial charge in [0.15, 0.2) is 5.96 Å². The Bertz CT molecular complexity index is 736. The molecule has 0 atom stereocenters. The van der Waals surface area contributed by atoms with Gasteiger partial charge in [0, 0.05) is 37.1 Å². The molecule has 26 heavy (non-hydrogen) atoms. The van der Waals surface area contributed by atoms with E-state index < -0.39 is 0 Å². The quantitative estimate of drug-likeness (QED) is 0.620. The summed E-state index contributed by atoms with van der Waals surface area (Å²) in [6.45, 7) is 5.06. The molecule has 0 aliphatic carbocycles. The lowest BCUT2D eigenvalue weighted by Gasteiger charge is -2.38. The van der Waals surface area contributed by atoms with Crippen molar-refractivity contribution in [2.75, 3.05) is 26.8 Å². The van der Waals surface area contributed by atoms with Crippen LogP contribution in [0.2, 0.25) is 0 Å². The normalized spacial score (nSPS) is 17.1. The van der Waals surface area contributed by atoms with Gasteiger partial charge in [0.1, 0.15) is 5.82 Å².